The first-order valence-electron chi connectivity index (χ1n) is 26.5. The molecule has 0 bridgehead atoms. The molecule has 0 aliphatic carbocycles. The molecule has 1 unspecified atom stereocenters. The van der Waals surface area contributed by atoms with Crippen molar-refractivity contribution in [3.63, 3.8) is 0 Å². The lowest BCUT2D eigenvalue weighted by Gasteiger charge is -2.33. The smallest absolute Gasteiger partial charge is 0.101 e. The number of unbranched alkanes of at least 4 members (excludes halogenated alkanes) is 41. The highest BCUT2D eigenvalue weighted by molar-refractivity contribution is 4.97. The molecule has 0 aromatic heterocycles. The zero-order chi connectivity index (χ0) is 39.4. The predicted octanol–water partition coefficient (Wildman–Crippen LogP) is 19.0. The Hall–Kier alpha value is -0.660. The molecule has 0 N–H and O–H groups in total. The van der Waals surface area contributed by atoms with Crippen molar-refractivity contribution >= 4 is 0 Å². The third-order valence-corrected chi connectivity index (χ3v) is 13.1. The summed E-state index contributed by atoms with van der Waals surface area (Å²) in [6.45, 7) is 9.50. The van der Waals surface area contributed by atoms with Crippen molar-refractivity contribution in [1.82, 2.24) is 9.80 Å². The summed E-state index contributed by atoms with van der Waals surface area (Å²) in [5.74, 6) is 0. The van der Waals surface area contributed by atoms with Crippen LogP contribution in [0.3, 0.4) is 0 Å². The predicted molar refractivity (Wildman–Crippen MR) is 251 cm³/mol. The highest BCUT2D eigenvalue weighted by Crippen LogP contribution is 2.24. The minimum atomic E-state index is 0.635. The summed E-state index contributed by atoms with van der Waals surface area (Å²) < 4.78 is 0. The van der Waals surface area contributed by atoms with E-state index in [2.05, 4.69) is 43.0 Å². The molecule has 0 saturated heterocycles. The van der Waals surface area contributed by atoms with Gasteiger partial charge >= 0.3 is 0 Å². The second-order valence-electron chi connectivity index (χ2n) is 18.5. The van der Waals surface area contributed by atoms with E-state index in [1.54, 1.807) is 0 Å². The molecular weight excluding hydrogens is 665 g/mol. The fraction of sp³-hybridized carbons (Fsp3) is 0.962. The summed E-state index contributed by atoms with van der Waals surface area (Å²) >= 11 is 0. The molecule has 1 heterocycles. The summed E-state index contributed by atoms with van der Waals surface area (Å²) in [5, 5.41) is 0. The number of rotatable bonds is 47. The Morgan fingerprint density at radius 3 is 0.636 bits per heavy atom. The van der Waals surface area contributed by atoms with Crippen LogP contribution in [0.15, 0.2) is 12.4 Å². The van der Waals surface area contributed by atoms with E-state index in [0.29, 0.717) is 6.17 Å². The lowest BCUT2D eigenvalue weighted by atomic mass is 10.0. The van der Waals surface area contributed by atoms with Gasteiger partial charge in [-0.1, -0.05) is 284 Å². The monoisotopic (exact) mass is 771 g/mol. The van der Waals surface area contributed by atoms with Gasteiger partial charge in [-0.05, 0) is 25.7 Å². The van der Waals surface area contributed by atoms with Crippen molar-refractivity contribution in [2.45, 2.75) is 316 Å². The van der Waals surface area contributed by atoms with Gasteiger partial charge in [-0.25, -0.2) is 0 Å². The van der Waals surface area contributed by atoms with Gasteiger partial charge in [0.05, 0.1) is 0 Å². The van der Waals surface area contributed by atoms with Gasteiger partial charge in [0.25, 0.3) is 0 Å². The molecule has 1 rings (SSSR count). The van der Waals surface area contributed by atoms with Gasteiger partial charge in [0, 0.05) is 25.5 Å². The van der Waals surface area contributed by atoms with Crippen LogP contribution in [-0.2, 0) is 0 Å². The van der Waals surface area contributed by atoms with Gasteiger partial charge in [0.2, 0.25) is 0 Å². The van der Waals surface area contributed by atoms with Crippen LogP contribution >= 0.6 is 0 Å². The average Bonchev–Trinajstić information content (AvgIpc) is 3.58. The molecule has 2 nitrogen and oxygen atoms in total. The Balaban J connectivity index is 2.19. The number of hydrogen-bond donors (Lipinski definition) is 0. The second kappa shape index (κ2) is 44.4. The van der Waals surface area contributed by atoms with Crippen LogP contribution in [0.25, 0.3) is 0 Å². The standard InChI is InChI=1S/C53H106N2/c1-4-7-10-13-16-19-22-25-27-29-32-35-38-41-44-47-50-55-52-51-54(49-46-43-40-37-34-31-24-21-18-15-12-9-6-3)53(55)48-45-42-39-36-33-30-28-26-23-20-17-14-11-8-5-2/h51-53H,4-50H2,1-3H3. The SMILES string of the molecule is CCCCCCCCCCCCCCCCCCN1C=CN(CCCCCCCCCCCCCCC)C1CCCCCCCCCCCCCCCCC. The van der Waals surface area contributed by atoms with E-state index >= 15 is 0 Å². The summed E-state index contributed by atoms with van der Waals surface area (Å²) in [5.41, 5.74) is 0. The van der Waals surface area contributed by atoms with Gasteiger partial charge in [-0.2, -0.15) is 0 Å². The molecule has 1 aliphatic heterocycles. The molecule has 0 aromatic carbocycles. The highest BCUT2D eigenvalue weighted by atomic mass is 15.4. The first kappa shape index (κ1) is 52.4. The first-order valence-corrected chi connectivity index (χ1v) is 26.5. The van der Waals surface area contributed by atoms with Crippen molar-refractivity contribution < 1.29 is 0 Å². The lowest BCUT2D eigenvalue weighted by molar-refractivity contribution is 0.135. The Morgan fingerprint density at radius 1 is 0.236 bits per heavy atom. The molecule has 0 saturated carbocycles. The molecule has 0 amide bonds. The summed E-state index contributed by atoms with van der Waals surface area (Å²) in [7, 11) is 0. The second-order valence-corrected chi connectivity index (χ2v) is 18.5. The zero-order valence-electron chi connectivity index (χ0n) is 38.9. The summed E-state index contributed by atoms with van der Waals surface area (Å²) in [4.78, 5) is 5.49. The van der Waals surface area contributed by atoms with E-state index in [4.69, 9.17) is 0 Å². The van der Waals surface area contributed by atoms with Crippen molar-refractivity contribution in [1.29, 1.82) is 0 Å². The van der Waals surface area contributed by atoms with Gasteiger partial charge in [0.1, 0.15) is 6.17 Å². The van der Waals surface area contributed by atoms with Crippen LogP contribution in [0, 0.1) is 0 Å². The van der Waals surface area contributed by atoms with Crippen molar-refractivity contribution in [2.24, 2.45) is 0 Å². The maximum Gasteiger partial charge on any atom is 0.101 e. The molecule has 0 aromatic rings. The van der Waals surface area contributed by atoms with E-state index in [1.165, 1.54) is 302 Å². The fourth-order valence-electron chi connectivity index (χ4n) is 9.19. The van der Waals surface area contributed by atoms with Gasteiger partial charge in [0.15, 0.2) is 0 Å². The topological polar surface area (TPSA) is 6.48 Å². The highest BCUT2D eigenvalue weighted by Gasteiger charge is 2.25. The Labute approximate surface area is 350 Å². The third-order valence-electron chi connectivity index (χ3n) is 13.1. The molecule has 0 fully saturated rings. The minimum absolute atomic E-state index is 0.635. The molecule has 0 radical (unpaired) electrons. The van der Waals surface area contributed by atoms with Crippen molar-refractivity contribution in [3.8, 4) is 0 Å². The fourth-order valence-corrected chi connectivity index (χ4v) is 9.19. The number of nitrogens with zero attached hydrogens (tertiary/aromatic N) is 2. The molecule has 2 heteroatoms. The maximum atomic E-state index is 2.75. The molecule has 1 aliphatic rings. The summed E-state index contributed by atoms with van der Waals surface area (Å²) in [6.07, 6.45) is 70.8. The minimum Gasteiger partial charge on any atom is -0.356 e. The Morgan fingerprint density at radius 2 is 0.418 bits per heavy atom. The zero-order valence-corrected chi connectivity index (χ0v) is 38.9. The molecule has 55 heavy (non-hydrogen) atoms. The van der Waals surface area contributed by atoms with Crippen LogP contribution in [-0.4, -0.2) is 29.1 Å². The maximum absolute atomic E-state index is 2.75. The first-order chi connectivity index (χ1) is 27.3. The van der Waals surface area contributed by atoms with E-state index in [0.717, 1.165) is 0 Å². The Bertz CT molecular complexity index is 732. The van der Waals surface area contributed by atoms with Crippen molar-refractivity contribution in [3.05, 3.63) is 12.4 Å². The Kier molecular flexibility index (Phi) is 42.3. The van der Waals surface area contributed by atoms with E-state index in [9.17, 15) is 0 Å². The molecule has 328 valence electrons. The van der Waals surface area contributed by atoms with Gasteiger partial charge in [-0.15, -0.1) is 0 Å². The normalized spacial score (nSPS) is 14.3. The van der Waals surface area contributed by atoms with Crippen molar-refractivity contribution in [2.75, 3.05) is 13.1 Å². The van der Waals surface area contributed by atoms with E-state index < -0.39 is 0 Å². The molecule has 1 atom stereocenters. The van der Waals surface area contributed by atoms with Crippen LogP contribution in [0.5, 0.6) is 0 Å². The van der Waals surface area contributed by atoms with Gasteiger partial charge in [-0.3, -0.25) is 0 Å². The third kappa shape index (κ3) is 36.2. The largest absolute Gasteiger partial charge is 0.356 e. The van der Waals surface area contributed by atoms with Crippen LogP contribution in [0.2, 0.25) is 0 Å². The quantitative estimate of drug-likeness (QED) is 0.0569. The van der Waals surface area contributed by atoms with Gasteiger partial charge < -0.3 is 9.80 Å². The van der Waals surface area contributed by atoms with Crippen LogP contribution in [0.4, 0.5) is 0 Å². The van der Waals surface area contributed by atoms with E-state index in [-0.39, 0.29) is 0 Å². The van der Waals surface area contributed by atoms with Crippen LogP contribution in [0.1, 0.15) is 310 Å². The number of hydrogen-bond acceptors (Lipinski definition) is 2. The molecular formula is C53H106N2. The average molecular weight is 771 g/mol. The summed E-state index contributed by atoms with van der Waals surface area (Å²) in [6, 6.07) is 0. The van der Waals surface area contributed by atoms with E-state index in [1.807, 2.05) is 0 Å². The molecule has 0 spiro atoms. The van der Waals surface area contributed by atoms with Crippen LogP contribution < -0.4 is 0 Å². The lowest BCUT2D eigenvalue weighted by Crippen LogP contribution is -2.39.